The molecular weight excluding hydrogens is 378 g/mol. The van der Waals surface area contributed by atoms with Crippen molar-refractivity contribution in [1.29, 1.82) is 5.26 Å². The average molecular weight is 395 g/mol. The van der Waals surface area contributed by atoms with Crippen LogP contribution in [0, 0.1) is 18.3 Å². The smallest absolute Gasteiger partial charge is 0.255 e. The van der Waals surface area contributed by atoms with Crippen LogP contribution < -0.4 is 10.1 Å². The number of aromatic nitrogens is 3. The number of carbonyl (C=O) groups excluding carboxylic acids is 1. The molecule has 0 spiro atoms. The van der Waals surface area contributed by atoms with Crippen LogP contribution in [0.5, 0.6) is 11.6 Å². The Morgan fingerprint density at radius 3 is 2.63 bits per heavy atom. The normalized spacial score (nSPS) is 10.3. The van der Waals surface area contributed by atoms with E-state index in [0.29, 0.717) is 22.6 Å². The van der Waals surface area contributed by atoms with E-state index in [1.165, 1.54) is 0 Å². The van der Waals surface area contributed by atoms with Crippen LogP contribution in [0.25, 0.3) is 5.69 Å². The summed E-state index contributed by atoms with van der Waals surface area (Å²) >= 11 is 0. The van der Waals surface area contributed by atoms with E-state index in [1.807, 2.05) is 37.4 Å². The maximum absolute atomic E-state index is 12.6. The number of ether oxygens (including phenoxy) is 1. The first-order chi connectivity index (χ1) is 14.6. The van der Waals surface area contributed by atoms with Crippen LogP contribution in [-0.2, 0) is 0 Å². The number of rotatable bonds is 5. The number of nitrogens with zero attached hydrogens (tertiary/aromatic N) is 4. The van der Waals surface area contributed by atoms with Crippen LogP contribution in [0.4, 0.5) is 5.69 Å². The molecule has 0 aliphatic rings. The molecule has 0 atom stereocenters. The number of amides is 1. The van der Waals surface area contributed by atoms with Crippen LogP contribution in [0.15, 0.2) is 79.3 Å². The van der Waals surface area contributed by atoms with E-state index < -0.39 is 0 Å². The topological polar surface area (TPSA) is 92.8 Å². The number of hydrogen-bond acceptors (Lipinski definition) is 5. The Bertz CT molecular complexity index is 1230. The van der Waals surface area contributed by atoms with Crippen molar-refractivity contribution < 1.29 is 9.53 Å². The second-order valence-electron chi connectivity index (χ2n) is 6.50. The number of benzene rings is 2. The van der Waals surface area contributed by atoms with Crippen LogP contribution in [0.2, 0.25) is 0 Å². The summed E-state index contributed by atoms with van der Waals surface area (Å²) in [5.41, 5.74) is 3.26. The molecule has 2 heterocycles. The molecule has 0 fully saturated rings. The monoisotopic (exact) mass is 395 g/mol. The van der Waals surface area contributed by atoms with Crippen LogP contribution in [-0.4, -0.2) is 20.7 Å². The number of anilines is 1. The van der Waals surface area contributed by atoms with Gasteiger partial charge < -0.3 is 10.1 Å². The van der Waals surface area contributed by atoms with Gasteiger partial charge in [-0.25, -0.2) is 9.67 Å². The molecule has 1 amide bonds. The molecule has 7 nitrogen and oxygen atoms in total. The van der Waals surface area contributed by atoms with Gasteiger partial charge in [-0.05, 0) is 73.2 Å². The molecule has 0 unspecified atom stereocenters. The Labute approximate surface area is 173 Å². The zero-order chi connectivity index (χ0) is 20.9. The maximum Gasteiger partial charge on any atom is 0.255 e. The Kier molecular flexibility index (Phi) is 5.22. The summed E-state index contributed by atoms with van der Waals surface area (Å²) in [6.45, 7) is 1.87. The van der Waals surface area contributed by atoms with Crippen molar-refractivity contribution in [3.63, 3.8) is 0 Å². The van der Waals surface area contributed by atoms with E-state index in [0.717, 1.165) is 11.3 Å². The molecule has 4 rings (SSSR count). The van der Waals surface area contributed by atoms with Gasteiger partial charge in [0, 0.05) is 29.8 Å². The van der Waals surface area contributed by atoms with Gasteiger partial charge in [-0.1, -0.05) is 0 Å². The van der Waals surface area contributed by atoms with Gasteiger partial charge in [-0.2, -0.15) is 10.4 Å². The third-order valence-corrected chi connectivity index (χ3v) is 4.45. The fourth-order valence-electron chi connectivity index (χ4n) is 2.89. The molecule has 1 N–H and O–H groups in total. The van der Waals surface area contributed by atoms with Crippen molar-refractivity contribution >= 4 is 11.6 Å². The van der Waals surface area contributed by atoms with Crippen molar-refractivity contribution in [2.75, 3.05) is 5.32 Å². The molecule has 2 aromatic carbocycles. The summed E-state index contributed by atoms with van der Waals surface area (Å²) in [5, 5.41) is 16.2. The SMILES string of the molecule is Cc1cc(Oc2ncccc2C#N)ccc1NC(=O)c1ccc(-n2cccn2)cc1. The molecule has 2 aromatic heterocycles. The van der Waals surface area contributed by atoms with Gasteiger partial charge in [0.1, 0.15) is 17.4 Å². The lowest BCUT2D eigenvalue weighted by Gasteiger charge is -2.11. The molecule has 0 bridgehead atoms. The summed E-state index contributed by atoms with van der Waals surface area (Å²) < 4.78 is 7.45. The molecule has 4 aromatic rings. The Hall–Kier alpha value is -4.44. The van der Waals surface area contributed by atoms with Crippen molar-refractivity contribution in [1.82, 2.24) is 14.8 Å². The molecule has 30 heavy (non-hydrogen) atoms. The second-order valence-corrected chi connectivity index (χ2v) is 6.50. The molecule has 0 saturated carbocycles. The van der Waals surface area contributed by atoms with Gasteiger partial charge in [-0.3, -0.25) is 4.79 Å². The summed E-state index contributed by atoms with van der Waals surface area (Å²) in [7, 11) is 0. The zero-order valence-electron chi connectivity index (χ0n) is 16.1. The summed E-state index contributed by atoms with van der Waals surface area (Å²) in [5.74, 6) is 0.563. The quantitative estimate of drug-likeness (QED) is 0.537. The zero-order valence-corrected chi connectivity index (χ0v) is 16.1. The Morgan fingerprint density at radius 2 is 1.93 bits per heavy atom. The minimum absolute atomic E-state index is 0.213. The van der Waals surface area contributed by atoms with Crippen molar-refractivity contribution in [3.8, 4) is 23.4 Å². The molecule has 0 aliphatic carbocycles. The number of aryl methyl sites for hydroxylation is 1. The third-order valence-electron chi connectivity index (χ3n) is 4.45. The first-order valence-electron chi connectivity index (χ1n) is 9.19. The van der Waals surface area contributed by atoms with Crippen molar-refractivity contribution in [2.45, 2.75) is 6.92 Å². The summed E-state index contributed by atoms with van der Waals surface area (Å²) in [4.78, 5) is 16.7. The van der Waals surface area contributed by atoms with Crippen LogP contribution >= 0.6 is 0 Å². The predicted molar refractivity (Wildman–Crippen MR) is 112 cm³/mol. The lowest BCUT2D eigenvalue weighted by atomic mass is 10.1. The standard InChI is InChI=1S/C23H17N5O2/c1-16-14-20(30-23-18(15-24)4-2-11-25-23)9-10-21(16)27-22(29)17-5-7-19(8-6-17)28-13-3-12-26-28/h2-14H,1H3,(H,27,29). The van der Waals surface area contributed by atoms with E-state index >= 15 is 0 Å². The van der Waals surface area contributed by atoms with Gasteiger partial charge in [-0.15, -0.1) is 0 Å². The van der Waals surface area contributed by atoms with Crippen molar-refractivity contribution in [2.24, 2.45) is 0 Å². The number of hydrogen-bond donors (Lipinski definition) is 1. The summed E-state index contributed by atoms with van der Waals surface area (Å²) in [6.07, 6.45) is 5.10. The lowest BCUT2D eigenvalue weighted by Crippen LogP contribution is -2.13. The molecule has 0 radical (unpaired) electrons. The van der Waals surface area contributed by atoms with E-state index in [9.17, 15) is 4.79 Å². The van der Waals surface area contributed by atoms with Gasteiger partial charge in [0.2, 0.25) is 5.88 Å². The Balaban J connectivity index is 1.47. The number of nitriles is 1. The largest absolute Gasteiger partial charge is 0.438 e. The molecular formula is C23H17N5O2. The van der Waals surface area contributed by atoms with Crippen molar-refractivity contribution in [3.05, 3.63) is 95.9 Å². The van der Waals surface area contributed by atoms with Gasteiger partial charge in [0.25, 0.3) is 5.91 Å². The number of carbonyl (C=O) groups is 1. The molecule has 0 saturated heterocycles. The second kappa shape index (κ2) is 8.29. The highest BCUT2D eigenvalue weighted by Gasteiger charge is 2.11. The molecule has 7 heteroatoms. The number of nitrogens with one attached hydrogen (secondary N) is 1. The van der Waals surface area contributed by atoms with E-state index in [-0.39, 0.29) is 11.8 Å². The molecule has 146 valence electrons. The third kappa shape index (κ3) is 4.03. The highest BCUT2D eigenvalue weighted by molar-refractivity contribution is 6.04. The first kappa shape index (κ1) is 18.9. The maximum atomic E-state index is 12.6. The fourth-order valence-corrected chi connectivity index (χ4v) is 2.89. The highest BCUT2D eigenvalue weighted by atomic mass is 16.5. The average Bonchev–Trinajstić information content (AvgIpc) is 3.31. The number of pyridine rings is 1. The lowest BCUT2D eigenvalue weighted by molar-refractivity contribution is 0.102. The van der Waals surface area contributed by atoms with Gasteiger partial charge >= 0.3 is 0 Å². The summed E-state index contributed by atoms with van der Waals surface area (Å²) in [6, 6.07) is 19.7. The minimum Gasteiger partial charge on any atom is -0.438 e. The highest BCUT2D eigenvalue weighted by Crippen LogP contribution is 2.27. The first-order valence-corrected chi connectivity index (χ1v) is 9.19. The van der Waals surface area contributed by atoms with E-state index in [1.54, 1.807) is 59.5 Å². The fraction of sp³-hybridized carbons (Fsp3) is 0.0435. The minimum atomic E-state index is -0.213. The van der Waals surface area contributed by atoms with Gasteiger partial charge in [0.05, 0.1) is 5.69 Å². The van der Waals surface area contributed by atoms with Crippen LogP contribution in [0.1, 0.15) is 21.5 Å². The predicted octanol–water partition coefficient (Wildman–Crippen LogP) is 4.49. The Morgan fingerprint density at radius 1 is 1.10 bits per heavy atom. The van der Waals surface area contributed by atoms with E-state index in [4.69, 9.17) is 10.00 Å². The molecule has 0 aliphatic heterocycles. The van der Waals surface area contributed by atoms with E-state index in [2.05, 4.69) is 15.4 Å². The van der Waals surface area contributed by atoms with Crippen LogP contribution in [0.3, 0.4) is 0 Å². The van der Waals surface area contributed by atoms with Gasteiger partial charge in [0.15, 0.2) is 0 Å².